The van der Waals surface area contributed by atoms with Crippen molar-refractivity contribution < 1.29 is 4.79 Å². The summed E-state index contributed by atoms with van der Waals surface area (Å²) in [6.07, 6.45) is 9.15. The molecule has 2 heterocycles. The van der Waals surface area contributed by atoms with Gasteiger partial charge in [-0.25, -0.2) is 0 Å². The predicted octanol–water partition coefficient (Wildman–Crippen LogP) is 3.82. The van der Waals surface area contributed by atoms with Crippen LogP contribution in [0.3, 0.4) is 0 Å². The molecule has 0 atom stereocenters. The van der Waals surface area contributed by atoms with E-state index in [0.29, 0.717) is 24.8 Å². The van der Waals surface area contributed by atoms with E-state index in [9.17, 15) is 4.79 Å². The molecule has 27 heavy (non-hydrogen) atoms. The first kappa shape index (κ1) is 19.9. The largest absolute Gasteiger partial charge is 0.349 e. The van der Waals surface area contributed by atoms with E-state index >= 15 is 0 Å². The number of amides is 1. The quantitative estimate of drug-likeness (QED) is 0.662. The lowest BCUT2D eigenvalue weighted by Crippen LogP contribution is -2.26. The number of pyridine rings is 1. The number of hydrogen-bond acceptors (Lipinski definition) is 5. The fourth-order valence-electron chi connectivity index (χ4n) is 3.46. The van der Waals surface area contributed by atoms with Crippen molar-refractivity contribution in [3.63, 3.8) is 0 Å². The highest BCUT2D eigenvalue weighted by Crippen LogP contribution is 2.27. The summed E-state index contributed by atoms with van der Waals surface area (Å²) >= 11 is 1.67. The fourth-order valence-corrected chi connectivity index (χ4v) is 4.38. The van der Waals surface area contributed by atoms with Gasteiger partial charge in [0.05, 0.1) is 6.54 Å². The zero-order valence-corrected chi connectivity index (χ0v) is 17.0. The summed E-state index contributed by atoms with van der Waals surface area (Å²) in [6.45, 7) is 5.65. The van der Waals surface area contributed by atoms with Gasteiger partial charge in [0.15, 0.2) is 11.0 Å². The Hall–Kier alpha value is -1.89. The number of nitrogens with one attached hydrogen (secondary N) is 1. The van der Waals surface area contributed by atoms with E-state index in [1.54, 1.807) is 24.2 Å². The molecule has 1 saturated carbocycles. The third-order valence-electron chi connectivity index (χ3n) is 4.85. The lowest BCUT2D eigenvalue weighted by molar-refractivity contribution is -0.122. The first-order valence-electron chi connectivity index (χ1n) is 9.82. The van der Waals surface area contributed by atoms with Gasteiger partial charge in [-0.2, -0.15) is 0 Å². The van der Waals surface area contributed by atoms with Crippen LogP contribution in [-0.2, 0) is 23.6 Å². The van der Waals surface area contributed by atoms with Crippen molar-refractivity contribution in [2.24, 2.45) is 11.8 Å². The minimum atomic E-state index is 0.131. The van der Waals surface area contributed by atoms with Crippen LogP contribution in [0, 0.1) is 11.8 Å². The zero-order chi connectivity index (χ0) is 19.1. The van der Waals surface area contributed by atoms with Crippen molar-refractivity contribution in [2.75, 3.05) is 0 Å². The molecular formula is C20H29N5OS. The van der Waals surface area contributed by atoms with Gasteiger partial charge in [0.25, 0.3) is 0 Å². The summed E-state index contributed by atoms with van der Waals surface area (Å²) in [4.78, 5) is 16.3. The van der Waals surface area contributed by atoms with E-state index in [1.165, 1.54) is 31.2 Å². The minimum Gasteiger partial charge on any atom is -0.349 e. The molecule has 1 aliphatic carbocycles. The number of carbonyl (C=O) groups is 1. The van der Waals surface area contributed by atoms with Gasteiger partial charge in [-0.3, -0.25) is 9.78 Å². The molecule has 1 aliphatic rings. The van der Waals surface area contributed by atoms with Crippen LogP contribution in [0.4, 0.5) is 0 Å². The molecule has 1 fully saturated rings. The lowest BCUT2D eigenvalue weighted by Gasteiger charge is -2.13. The number of rotatable bonds is 9. The van der Waals surface area contributed by atoms with Crippen molar-refractivity contribution in [3.05, 3.63) is 35.9 Å². The highest BCUT2D eigenvalue weighted by molar-refractivity contribution is 7.98. The van der Waals surface area contributed by atoms with Crippen molar-refractivity contribution >= 4 is 17.7 Å². The lowest BCUT2D eigenvalue weighted by atomic mass is 10.0. The first-order valence-corrected chi connectivity index (χ1v) is 10.8. The number of nitrogens with zero attached hydrogens (tertiary/aromatic N) is 4. The summed E-state index contributed by atoms with van der Waals surface area (Å²) in [5, 5.41) is 12.7. The Morgan fingerprint density at radius 2 is 2.00 bits per heavy atom. The average molecular weight is 388 g/mol. The van der Waals surface area contributed by atoms with E-state index in [1.807, 2.05) is 12.1 Å². The normalized spacial score (nSPS) is 14.8. The molecule has 3 rings (SSSR count). The average Bonchev–Trinajstić information content (AvgIpc) is 3.29. The summed E-state index contributed by atoms with van der Waals surface area (Å²) in [5.74, 6) is 2.83. The van der Waals surface area contributed by atoms with Crippen LogP contribution in [0.2, 0.25) is 0 Å². The van der Waals surface area contributed by atoms with E-state index in [0.717, 1.165) is 23.3 Å². The monoisotopic (exact) mass is 387 g/mol. The highest BCUT2D eigenvalue weighted by atomic mass is 32.2. The van der Waals surface area contributed by atoms with Gasteiger partial charge in [-0.15, -0.1) is 10.2 Å². The standard InChI is InChI=1S/C20H29N5OS/c1-15(2)13-25-18(12-22-19(26)11-16-5-3-4-6-16)23-24-20(25)27-14-17-7-9-21-10-8-17/h7-10,15-16H,3-6,11-14H2,1-2H3,(H,22,26). The smallest absolute Gasteiger partial charge is 0.220 e. The molecule has 0 bridgehead atoms. The molecule has 2 aromatic heterocycles. The number of hydrogen-bond donors (Lipinski definition) is 1. The van der Waals surface area contributed by atoms with Gasteiger partial charge in [0, 0.05) is 31.1 Å². The second kappa shape index (κ2) is 9.88. The highest BCUT2D eigenvalue weighted by Gasteiger charge is 2.19. The first-order chi connectivity index (χ1) is 13.1. The van der Waals surface area contributed by atoms with Gasteiger partial charge in [-0.05, 0) is 42.4 Å². The Kier molecular flexibility index (Phi) is 7.26. The third kappa shape index (κ3) is 6.06. The van der Waals surface area contributed by atoms with Crippen LogP contribution >= 0.6 is 11.8 Å². The van der Waals surface area contributed by atoms with Gasteiger partial charge < -0.3 is 9.88 Å². The van der Waals surface area contributed by atoms with Crippen LogP contribution in [-0.4, -0.2) is 25.7 Å². The molecule has 1 amide bonds. The van der Waals surface area contributed by atoms with Gasteiger partial charge in [-0.1, -0.05) is 38.5 Å². The van der Waals surface area contributed by atoms with Gasteiger partial charge in [0.1, 0.15) is 0 Å². The summed E-state index contributed by atoms with van der Waals surface area (Å²) in [7, 11) is 0. The fraction of sp³-hybridized carbons (Fsp3) is 0.600. The van der Waals surface area contributed by atoms with Crippen molar-refractivity contribution in [3.8, 4) is 0 Å². The Labute approximate surface area is 165 Å². The Morgan fingerprint density at radius 1 is 1.26 bits per heavy atom. The van der Waals surface area contributed by atoms with Crippen LogP contribution in [0.1, 0.15) is 57.3 Å². The van der Waals surface area contributed by atoms with E-state index < -0.39 is 0 Å². The Morgan fingerprint density at radius 3 is 2.70 bits per heavy atom. The third-order valence-corrected chi connectivity index (χ3v) is 5.89. The zero-order valence-electron chi connectivity index (χ0n) is 16.2. The molecule has 0 radical (unpaired) electrons. The molecule has 7 heteroatoms. The summed E-state index contributed by atoms with van der Waals surface area (Å²) < 4.78 is 2.15. The SMILES string of the molecule is CC(C)Cn1c(CNC(=O)CC2CCCC2)nnc1SCc1ccncc1. The summed E-state index contributed by atoms with van der Waals surface area (Å²) in [6, 6.07) is 4.03. The van der Waals surface area contributed by atoms with Gasteiger partial charge in [0.2, 0.25) is 5.91 Å². The maximum atomic E-state index is 12.2. The van der Waals surface area contributed by atoms with Crippen LogP contribution < -0.4 is 5.32 Å². The van der Waals surface area contributed by atoms with Crippen molar-refractivity contribution in [2.45, 2.75) is 70.0 Å². The van der Waals surface area contributed by atoms with Crippen molar-refractivity contribution in [1.29, 1.82) is 0 Å². The number of aromatic nitrogens is 4. The molecule has 0 unspecified atom stereocenters. The van der Waals surface area contributed by atoms with Crippen LogP contribution in [0.5, 0.6) is 0 Å². The minimum absolute atomic E-state index is 0.131. The Bertz CT molecular complexity index is 725. The number of thioether (sulfide) groups is 1. The molecule has 0 aliphatic heterocycles. The number of carbonyl (C=O) groups excluding carboxylic acids is 1. The second-order valence-corrected chi connectivity index (χ2v) is 8.62. The molecule has 0 aromatic carbocycles. The molecule has 146 valence electrons. The molecule has 0 saturated heterocycles. The van der Waals surface area contributed by atoms with Crippen LogP contribution in [0.25, 0.3) is 0 Å². The van der Waals surface area contributed by atoms with E-state index in [4.69, 9.17) is 0 Å². The topological polar surface area (TPSA) is 72.7 Å². The van der Waals surface area contributed by atoms with Crippen molar-refractivity contribution in [1.82, 2.24) is 25.1 Å². The molecule has 2 aromatic rings. The molecule has 1 N–H and O–H groups in total. The van der Waals surface area contributed by atoms with E-state index in [2.05, 4.69) is 38.9 Å². The Balaban J connectivity index is 1.59. The molecular weight excluding hydrogens is 358 g/mol. The maximum Gasteiger partial charge on any atom is 0.220 e. The molecule has 0 spiro atoms. The summed E-state index contributed by atoms with van der Waals surface area (Å²) in [5.41, 5.74) is 1.21. The predicted molar refractivity (Wildman–Crippen MR) is 107 cm³/mol. The van der Waals surface area contributed by atoms with Crippen LogP contribution in [0.15, 0.2) is 29.7 Å². The van der Waals surface area contributed by atoms with Gasteiger partial charge >= 0.3 is 0 Å². The second-order valence-electron chi connectivity index (χ2n) is 7.68. The molecule has 6 nitrogen and oxygen atoms in total. The van der Waals surface area contributed by atoms with E-state index in [-0.39, 0.29) is 5.91 Å². The maximum absolute atomic E-state index is 12.2.